The van der Waals surface area contributed by atoms with E-state index in [1.165, 1.54) is 6.42 Å². The molecule has 1 N–H and O–H groups in total. The van der Waals surface area contributed by atoms with Gasteiger partial charge in [-0.2, -0.15) is 0 Å². The van der Waals surface area contributed by atoms with E-state index in [9.17, 15) is 8.42 Å². The van der Waals surface area contributed by atoms with Crippen molar-refractivity contribution in [2.45, 2.75) is 51.5 Å². The average molecular weight is 375 g/mol. The SMILES string of the molecule is Cc1ccc(S(=O)(=O)NCc2nc(C)cc(N3CCCCC3)n2)c(C)c1. The van der Waals surface area contributed by atoms with Crippen molar-refractivity contribution >= 4 is 15.8 Å². The molecule has 0 saturated carbocycles. The van der Waals surface area contributed by atoms with E-state index in [2.05, 4.69) is 19.6 Å². The summed E-state index contributed by atoms with van der Waals surface area (Å²) in [4.78, 5) is 11.5. The second-order valence-electron chi connectivity index (χ2n) is 6.92. The van der Waals surface area contributed by atoms with Gasteiger partial charge in [-0.1, -0.05) is 17.7 Å². The smallest absolute Gasteiger partial charge is 0.241 e. The van der Waals surface area contributed by atoms with Gasteiger partial charge in [0.05, 0.1) is 11.4 Å². The standard InChI is InChI=1S/C19H26N4O2S/c1-14-7-8-17(15(2)11-14)26(24,25)20-13-18-21-16(3)12-19(22-18)23-9-5-4-6-10-23/h7-8,11-12,20H,4-6,9-10,13H2,1-3H3. The van der Waals surface area contributed by atoms with Crippen molar-refractivity contribution in [3.05, 3.63) is 46.9 Å². The van der Waals surface area contributed by atoms with Gasteiger partial charge in [0, 0.05) is 24.8 Å². The molecule has 3 rings (SSSR count). The van der Waals surface area contributed by atoms with Gasteiger partial charge in [-0.25, -0.2) is 23.1 Å². The van der Waals surface area contributed by atoms with Gasteiger partial charge in [0.2, 0.25) is 10.0 Å². The number of benzene rings is 1. The van der Waals surface area contributed by atoms with Crippen molar-refractivity contribution in [3.8, 4) is 0 Å². The molecule has 1 aromatic carbocycles. The summed E-state index contributed by atoms with van der Waals surface area (Å²) < 4.78 is 27.9. The van der Waals surface area contributed by atoms with Crippen LogP contribution in [0.4, 0.5) is 5.82 Å². The van der Waals surface area contributed by atoms with Gasteiger partial charge in [0.15, 0.2) is 0 Å². The summed E-state index contributed by atoms with van der Waals surface area (Å²) in [5, 5.41) is 0. The van der Waals surface area contributed by atoms with Crippen LogP contribution in [0.2, 0.25) is 0 Å². The number of sulfonamides is 1. The zero-order chi connectivity index (χ0) is 18.7. The summed E-state index contributed by atoms with van der Waals surface area (Å²) in [6.45, 7) is 7.72. The maximum atomic E-state index is 12.6. The molecule has 1 fully saturated rings. The average Bonchev–Trinajstić information content (AvgIpc) is 2.60. The first-order valence-corrected chi connectivity index (χ1v) is 10.5. The molecule has 0 aliphatic carbocycles. The first-order chi connectivity index (χ1) is 12.3. The molecule has 0 radical (unpaired) electrons. The third-order valence-corrected chi connectivity index (χ3v) is 6.17. The Morgan fingerprint density at radius 2 is 1.77 bits per heavy atom. The topological polar surface area (TPSA) is 75.2 Å². The number of hydrogen-bond acceptors (Lipinski definition) is 5. The highest BCUT2D eigenvalue weighted by atomic mass is 32.2. The summed E-state index contributed by atoms with van der Waals surface area (Å²) >= 11 is 0. The molecule has 0 unspecified atom stereocenters. The fraction of sp³-hybridized carbons (Fsp3) is 0.474. The Bertz CT molecular complexity index is 890. The van der Waals surface area contributed by atoms with Crippen LogP contribution < -0.4 is 9.62 Å². The van der Waals surface area contributed by atoms with Crippen molar-refractivity contribution in [1.29, 1.82) is 0 Å². The normalized spacial score (nSPS) is 15.3. The summed E-state index contributed by atoms with van der Waals surface area (Å²) in [5.41, 5.74) is 2.62. The molecule has 1 saturated heterocycles. The van der Waals surface area contributed by atoms with Crippen LogP contribution >= 0.6 is 0 Å². The second kappa shape index (κ2) is 7.72. The van der Waals surface area contributed by atoms with Gasteiger partial charge in [0.1, 0.15) is 11.6 Å². The van der Waals surface area contributed by atoms with Gasteiger partial charge in [0.25, 0.3) is 0 Å². The van der Waals surface area contributed by atoms with E-state index in [1.54, 1.807) is 19.1 Å². The number of aromatic nitrogens is 2. The van der Waals surface area contributed by atoms with Crippen LogP contribution in [-0.4, -0.2) is 31.5 Å². The molecular formula is C19H26N4O2S. The molecule has 0 atom stereocenters. The number of nitrogens with one attached hydrogen (secondary N) is 1. The number of rotatable bonds is 5. The maximum absolute atomic E-state index is 12.6. The van der Waals surface area contributed by atoms with Crippen molar-refractivity contribution < 1.29 is 8.42 Å². The fourth-order valence-electron chi connectivity index (χ4n) is 3.31. The van der Waals surface area contributed by atoms with Gasteiger partial charge < -0.3 is 4.90 Å². The lowest BCUT2D eigenvalue weighted by atomic mass is 10.1. The summed E-state index contributed by atoms with van der Waals surface area (Å²) in [6, 6.07) is 7.28. The van der Waals surface area contributed by atoms with Crippen LogP contribution in [0.15, 0.2) is 29.2 Å². The first-order valence-electron chi connectivity index (χ1n) is 9.01. The van der Waals surface area contributed by atoms with Crippen LogP contribution in [0.5, 0.6) is 0 Å². The number of aryl methyl sites for hydroxylation is 3. The van der Waals surface area contributed by atoms with E-state index in [-0.39, 0.29) is 6.54 Å². The molecule has 0 spiro atoms. The van der Waals surface area contributed by atoms with Gasteiger partial charge in [-0.05, 0) is 51.7 Å². The van der Waals surface area contributed by atoms with Gasteiger partial charge in [-0.3, -0.25) is 0 Å². The highest BCUT2D eigenvalue weighted by Gasteiger charge is 2.18. The summed E-state index contributed by atoms with van der Waals surface area (Å²) in [6.07, 6.45) is 3.58. The van der Waals surface area contributed by atoms with E-state index in [4.69, 9.17) is 0 Å². The van der Waals surface area contributed by atoms with Crippen molar-refractivity contribution in [3.63, 3.8) is 0 Å². The Labute approximate surface area is 155 Å². The molecule has 2 heterocycles. The Balaban J connectivity index is 1.77. The number of anilines is 1. The van der Waals surface area contributed by atoms with Crippen molar-refractivity contribution in [2.24, 2.45) is 0 Å². The molecule has 0 amide bonds. The Morgan fingerprint density at radius 1 is 1.04 bits per heavy atom. The number of piperidine rings is 1. The van der Waals surface area contributed by atoms with Crippen molar-refractivity contribution in [1.82, 2.24) is 14.7 Å². The van der Waals surface area contributed by atoms with E-state index < -0.39 is 10.0 Å². The quantitative estimate of drug-likeness (QED) is 0.871. The maximum Gasteiger partial charge on any atom is 0.241 e. The lowest BCUT2D eigenvalue weighted by Crippen LogP contribution is -2.31. The summed E-state index contributed by atoms with van der Waals surface area (Å²) in [7, 11) is -3.60. The van der Waals surface area contributed by atoms with Crippen LogP contribution in [0.1, 0.15) is 41.9 Å². The van der Waals surface area contributed by atoms with E-state index in [0.29, 0.717) is 10.7 Å². The predicted octanol–water partition coefficient (Wildman–Crippen LogP) is 2.87. The molecule has 2 aromatic rings. The van der Waals surface area contributed by atoms with E-state index >= 15 is 0 Å². The van der Waals surface area contributed by atoms with Gasteiger partial charge in [-0.15, -0.1) is 0 Å². The van der Waals surface area contributed by atoms with Gasteiger partial charge >= 0.3 is 0 Å². The molecule has 7 heteroatoms. The third-order valence-electron chi connectivity index (χ3n) is 4.61. The largest absolute Gasteiger partial charge is 0.357 e. The number of nitrogens with zero attached hydrogens (tertiary/aromatic N) is 3. The molecule has 1 aromatic heterocycles. The molecule has 1 aliphatic heterocycles. The molecule has 6 nitrogen and oxygen atoms in total. The minimum Gasteiger partial charge on any atom is -0.357 e. The van der Waals surface area contributed by atoms with E-state index in [0.717, 1.165) is 48.6 Å². The minimum atomic E-state index is -3.60. The fourth-order valence-corrected chi connectivity index (χ4v) is 4.52. The molecular weight excluding hydrogens is 348 g/mol. The zero-order valence-electron chi connectivity index (χ0n) is 15.6. The van der Waals surface area contributed by atoms with Crippen LogP contribution in [0.3, 0.4) is 0 Å². The lowest BCUT2D eigenvalue weighted by Gasteiger charge is -2.28. The Hall–Kier alpha value is -1.99. The van der Waals surface area contributed by atoms with Crippen LogP contribution in [0, 0.1) is 20.8 Å². The van der Waals surface area contributed by atoms with Crippen LogP contribution in [-0.2, 0) is 16.6 Å². The molecule has 1 aliphatic rings. The molecule has 26 heavy (non-hydrogen) atoms. The highest BCUT2D eigenvalue weighted by molar-refractivity contribution is 7.89. The first kappa shape index (κ1) is 18.8. The summed E-state index contributed by atoms with van der Waals surface area (Å²) in [5.74, 6) is 1.39. The Kier molecular flexibility index (Phi) is 5.58. The predicted molar refractivity (Wildman–Crippen MR) is 103 cm³/mol. The highest BCUT2D eigenvalue weighted by Crippen LogP contribution is 2.19. The van der Waals surface area contributed by atoms with Crippen LogP contribution in [0.25, 0.3) is 0 Å². The zero-order valence-corrected chi connectivity index (χ0v) is 16.4. The minimum absolute atomic E-state index is 0.0815. The molecule has 140 valence electrons. The number of hydrogen-bond donors (Lipinski definition) is 1. The Morgan fingerprint density at radius 3 is 2.46 bits per heavy atom. The van der Waals surface area contributed by atoms with E-state index in [1.807, 2.05) is 26.0 Å². The second-order valence-corrected chi connectivity index (χ2v) is 8.66. The molecule has 0 bridgehead atoms. The van der Waals surface area contributed by atoms with Crippen molar-refractivity contribution in [2.75, 3.05) is 18.0 Å². The lowest BCUT2D eigenvalue weighted by molar-refractivity contribution is 0.569. The monoisotopic (exact) mass is 374 g/mol. The third kappa shape index (κ3) is 4.40.